The van der Waals surface area contributed by atoms with Gasteiger partial charge in [0.25, 0.3) is 5.91 Å². The third-order valence-corrected chi connectivity index (χ3v) is 4.39. The van der Waals surface area contributed by atoms with Gasteiger partial charge in [-0.2, -0.15) is 0 Å². The maximum absolute atomic E-state index is 12.1. The summed E-state index contributed by atoms with van der Waals surface area (Å²) in [6, 6.07) is 7.42. The first-order valence-corrected chi connectivity index (χ1v) is 7.95. The van der Waals surface area contributed by atoms with Crippen molar-refractivity contribution in [1.29, 1.82) is 0 Å². The molecular weight excluding hydrogens is 292 g/mol. The lowest BCUT2D eigenvalue weighted by Crippen LogP contribution is -2.13. The molecular formula is C13H16N4OS2. The Labute approximate surface area is 126 Å². The Hall–Kier alpha value is -1.60. The highest BCUT2D eigenvalue weighted by atomic mass is 32.2. The highest BCUT2D eigenvalue weighted by Crippen LogP contribution is 2.25. The number of benzene rings is 1. The van der Waals surface area contributed by atoms with Crippen LogP contribution < -0.4 is 10.2 Å². The van der Waals surface area contributed by atoms with Crippen LogP contribution in [0.5, 0.6) is 0 Å². The Morgan fingerprint density at radius 1 is 1.30 bits per heavy atom. The fourth-order valence-corrected chi connectivity index (χ4v) is 3.17. The molecule has 20 heavy (non-hydrogen) atoms. The zero-order valence-electron chi connectivity index (χ0n) is 11.6. The fourth-order valence-electron chi connectivity index (χ4n) is 1.52. The molecule has 0 saturated heterocycles. The van der Waals surface area contributed by atoms with Crippen LogP contribution in [-0.4, -0.2) is 36.0 Å². The predicted molar refractivity (Wildman–Crippen MR) is 85.0 cm³/mol. The van der Waals surface area contributed by atoms with Crippen molar-refractivity contribution in [2.75, 3.05) is 30.1 Å². The molecule has 0 aliphatic carbocycles. The van der Waals surface area contributed by atoms with Gasteiger partial charge in [0.15, 0.2) is 4.34 Å². The van der Waals surface area contributed by atoms with Crippen molar-refractivity contribution in [2.45, 2.75) is 11.3 Å². The summed E-state index contributed by atoms with van der Waals surface area (Å²) in [4.78, 5) is 14.1. The second-order valence-corrected chi connectivity index (χ2v) is 6.69. The molecule has 106 valence electrons. The van der Waals surface area contributed by atoms with E-state index in [9.17, 15) is 4.79 Å². The summed E-state index contributed by atoms with van der Waals surface area (Å²) in [6.07, 6.45) is 0. The van der Waals surface area contributed by atoms with Crippen LogP contribution in [0.2, 0.25) is 0 Å². The summed E-state index contributed by atoms with van der Waals surface area (Å²) >= 11 is 3.00. The summed E-state index contributed by atoms with van der Waals surface area (Å²) in [7, 11) is 3.92. The van der Waals surface area contributed by atoms with E-state index in [0.29, 0.717) is 10.7 Å². The zero-order chi connectivity index (χ0) is 14.5. The van der Waals surface area contributed by atoms with E-state index < -0.39 is 0 Å². The summed E-state index contributed by atoms with van der Waals surface area (Å²) in [5.41, 5.74) is 1.66. The maximum atomic E-state index is 12.1. The van der Waals surface area contributed by atoms with E-state index in [1.54, 1.807) is 23.9 Å². The quantitative estimate of drug-likeness (QED) is 0.680. The molecule has 1 heterocycles. The second-order valence-electron chi connectivity index (χ2n) is 4.20. The van der Waals surface area contributed by atoms with Crippen LogP contribution in [0.4, 0.5) is 10.8 Å². The summed E-state index contributed by atoms with van der Waals surface area (Å²) < 4.78 is 0.866. The van der Waals surface area contributed by atoms with Crippen molar-refractivity contribution in [2.24, 2.45) is 0 Å². The van der Waals surface area contributed by atoms with Crippen LogP contribution in [0.15, 0.2) is 28.6 Å². The minimum atomic E-state index is -0.167. The van der Waals surface area contributed by atoms with E-state index in [0.717, 1.165) is 15.8 Å². The molecule has 0 aliphatic rings. The van der Waals surface area contributed by atoms with E-state index in [2.05, 4.69) is 22.4 Å². The standard InChI is InChI=1S/C13H16N4OS2/c1-4-19-13-16-15-12(20-13)14-11(18)9-5-7-10(8-6-9)17(2)3/h5-8H,4H2,1-3H3,(H,14,15,18). The van der Waals surface area contributed by atoms with Crippen molar-refractivity contribution < 1.29 is 4.79 Å². The smallest absolute Gasteiger partial charge is 0.257 e. The normalized spacial score (nSPS) is 10.3. The number of nitrogens with zero attached hydrogens (tertiary/aromatic N) is 3. The van der Waals surface area contributed by atoms with E-state index in [4.69, 9.17) is 0 Å². The van der Waals surface area contributed by atoms with Gasteiger partial charge < -0.3 is 4.90 Å². The number of nitrogens with one attached hydrogen (secondary N) is 1. The Morgan fingerprint density at radius 3 is 2.60 bits per heavy atom. The average molecular weight is 308 g/mol. The first-order chi connectivity index (χ1) is 9.60. The van der Waals surface area contributed by atoms with Gasteiger partial charge in [0.2, 0.25) is 5.13 Å². The van der Waals surface area contributed by atoms with Crippen molar-refractivity contribution in [3.8, 4) is 0 Å². The van der Waals surface area contributed by atoms with Crippen molar-refractivity contribution >= 4 is 39.8 Å². The number of carbonyl (C=O) groups is 1. The van der Waals surface area contributed by atoms with Crippen LogP contribution in [0.3, 0.4) is 0 Å². The number of amides is 1. The topological polar surface area (TPSA) is 58.1 Å². The number of anilines is 2. The number of hydrogen-bond donors (Lipinski definition) is 1. The predicted octanol–water partition coefficient (Wildman–Crippen LogP) is 2.97. The minimum absolute atomic E-state index is 0.167. The Kier molecular flexibility index (Phi) is 4.97. The van der Waals surface area contributed by atoms with E-state index >= 15 is 0 Å². The van der Waals surface area contributed by atoms with Crippen molar-refractivity contribution in [3.63, 3.8) is 0 Å². The first kappa shape index (κ1) is 14.8. The summed E-state index contributed by atoms with van der Waals surface area (Å²) in [5.74, 6) is 0.772. The van der Waals surface area contributed by atoms with Gasteiger partial charge in [0.1, 0.15) is 0 Å². The van der Waals surface area contributed by atoms with Crippen LogP contribution >= 0.6 is 23.1 Å². The van der Waals surface area contributed by atoms with Crippen LogP contribution in [0.1, 0.15) is 17.3 Å². The Bertz CT molecular complexity index is 580. The van der Waals surface area contributed by atoms with Crippen molar-refractivity contribution in [1.82, 2.24) is 10.2 Å². The lowest BCUT2D eigenvalue weighted by atomic mass is 10.2. The molecule has 1 N–H and O–H groups in total. The van der Waals surface area contributed by atoms with E-state index in [1.165, 1.54) is 11.3 Å². The molecule has 0 unspecified atom stereocenters. The minimum Gasteiger partial charge on any atom is -0.378 e. The van der Waals surface area contributed by atoms with Gasteiger partial charge in [-0.25, -0.2) is 0 Å². The first-order valence-electron chi connectivity index (χ1n) is 6.15. The molecule has 2 rings (SSSR count). The monoisotopic (exact) mass is 308 g/mol. The third-order valence-electron chi connectivity index (χ3n) is 2.54. The van der Waals surface area contributed by atoms with Crippen molar-refractivity contribution in [3.05, 3.63) is 29.8 Å². The number of rotatable bonds is 5. The molecule has 2 aromatic rings. The number of carbonyl (C=O) groups excluding carboxylic acids is 1. The SMILES string of the molecule is CCSc1nnc(NC(=O)c2ccc(N(C)C)cc2)s1. The molecule has 1 aromatic carbocycles. The van der Waals surface area contributed by atoms with Crippen LogP contribution in [0, 0.1) is 0 Å². The molecule has 5 nitrogen and oxygen atoms in total. The largest absolute Gasteiger partial charge is 0.378 e. The van der Waals surface area contributed by atoms with Gasteiger partial charge in [-0.05, 0) is 30.0 Å². The molecule has 0 bridgehead atoms. The zero-order valence-corrected chi connectivity index (χ0v) is 13.2. The molecule has 0 saturated carbocycles. The number of aromatic nitrogens is 2. The van der Waals surface area contributed by atoms with Gasteiger partial charge >= 0.3 is 0 Å². The molecule has 0 aliphatic heterocycles. The highest BCUT2D eigenvalue weighted by Gasteiger charge is 2.10. The molecule has 0 fully saturated rings. The molecule has 1 amide bonds. The summed E-state index contributed by atoms with van der Waals surface area (Å²) in [6.45, 7) is 2.05. The highest BCUT2D eigenvalue weighted by molar-refractivity contribution is 8.01. The van der Waals surface area contributed by atoms with Gasteiger partial charge in [-0.3, -0.25) is 10.1 Å². The second kappa shape index (κ2) is 6.71. The third kappa shape index (κ3) is 3.71. The number of thioether (sulfide) groups is 1. The summed E-state index contributed by atoms with van der Waals surface area (Å²) in [5, 5.41) is 11.2. The van der Waals surface area contributed by atoms with Gasteiger partial charge in [-0.15, -0.1) is 10.2 Å². The van der Waals surface area contributed by atoms with Crippen LogP contribution in [-0.2, 0) is 0 Å². The molecule has 0 radical (unpaired) electrons. The van der Waals surface area contributed by atoms with Crippen LogP contribution in [0.25, 0.3) is 0 Å². The number of hydrogen-bond acceptors (Lipinski definition) is 6. The van der Waals surface area contributed by atoms with E-state index in [1.807, 2.05) is 31.1 Å². The molecule has 0 spiro atoms. The molecule has 0 atom stereocenters. The maximum Gasteiger partial charge on any atom is 0.257 e. The average Bonchev–Trinajstić information content (AvgIpc) is 2.86. The van der Waals surface area contributed by atoms with Gasteiger partial charge in [0.05, 0.1) is 0 Å². The van der Waals surface area contributed by atoms with Gasteiger partial charge in [-0.1, -0.05) is 30.0 Å². The van der Waals surface area contributed by atoms with Gasteiger partial charge in [0, 0.05) is 25.3 Å². The molecule has 1 aromatic heterocycles. The fraction of sp³-hybridized carbons (Fsp3) is 0.308. The Morgan fingerprint density at radius 2 is 2.00 bits per heavy atom. The Balaban J connectivity index is 2.03. The van der Waals surface area contributed by atoms with E-state index in [-0.39, 0.29) is 5.91 Å². The lowest BCUT2D eigenvalue weighted by Gasteiger charge is -2.12. The molecule has 7 heteroatoms. The lowest BCUT2D eigenvalue weighted by molar-refractivity contribution is 0.102.